The Bertz CT molecular complexity index is 1250. The van der Waals surface area contributed by atoms with E-state index in [0.29, 0.717) is 37.7 Å². The zero-order chi connectivity index (χ0) is 29.6. The first-order valence-corrected chi connectivity index (χ1v) is 15.0. The maximum atomic E-state index is 13.6. The molecule has 41 heavy (non-hydrogen) atoms. The van der Waals surface area contributed by atoms with Gasteiger partial charge in [-0.15, -0.1) is 0 Å². The minimum absolute atomic E-state index is 0.0151. The van der Waals surface area contributed by atoms with Gasteiger partial charge in [0.1, 0.15) is 23.9 Å². The number of ether oxygens (including phenoxy) is 4. The zero-order valence-electron chi connectivity index (χ0n) is 24.8. The molecule has 0 bridgehead atoms. The van der Waals surface area contributed by atoms with Crippen LogP contribution >= 0.6 is 0 Å². The van der Waals surface area contributed by atoms with E-state index in [-0.39, 0.29) is 66.0 Å². The highest BCUT2D eigenvalue weighted by molar-refractivity contribution is 5.98. The molecular formula is C32H42O9. The topological polar surface area (TPSA) is 129 Å². The van der Waals surface area contributed by atoms with Gasteiger partial charge in [-0.25, -0.2) is 4.79 Å². The number of hydrogen-bond donors (Lipinski definition) is 1. The molecule has 6 aliphatic rings. The van der Waals surface area contributed by atoms with Crippen LogP contribution in [0.1, 0.15) is 73.6 Å². The predicted octanol–water partition coefficient (Wildman–Crippen LogP) is 3.47. The fraction of sp³-hybridized carbons (Fsp3) is 0.750. The smallest absolute Gasteiger partial charge is 0.333 e. The van der Waals surface area contributed by atoms with E-state index in [1.165, 1.54) is 19.9 Å². The van der Waals surface area contributed by atoms with Crippen molar-refractivity contribution in [3.8, 4) is 0 Å². The van der Waals surface area contributed by atoms with Gasteiger partial charge in [0.15, 0.2) is 5.78 Å². The maximum Gasteiger partial charge on any atom is 0.333 e. The number of rotatable bonds is 5. The maximum absolute atomic E-state index is 13.6. The third-order valence-electron chi connectivity index (χ3n) is 12.1. The van der Waals surface area contributed by atoms with Crippen molar-refractivity contribution in [2.24, 2.45) is 40.4 Å². The van der Waals surface area contributed by atoms with E-state index in [2.05, 4.69) is 6.92 Å². The van der Waals surface area contributed by atoms with Crippen molar-refractivity contribution in [2.75, 3.05) is 6.61 Å². The van der Waals surface area contributed by atoms with E-state index < -0.39 is 34.7 Å². The van der Waals surface area contributed by atoms with Crippen LogP contribution in [-0.4, -0.2) is 65.4 Å². The van der Waals surface area contributed by atoms with Crippen LogP contribution in [0.4, 0.5) is 0 Å². The molecule has 0 aromatic heterocycles. The summed E-state index contributed by atoms with van der Waals surface area (Å²) in [4.78, 5) is 50.9. The minimum atomic E-state index is -0.894. The summed E-state index contributed by atoms with van der Waals surface area (Å²) >= 11 is 0. The number of fused-ring (bicyclic) bond motifs is 4. The lowest BCUT2D eigenvalue weighted by Crippen LogP contribution is -2.64. The molecule has 0 amide bonds. The van der Waals surface area contributed by atoms with Crippen molar-refractivity contribution >= 4 is 23.7 Å². The summed E-state index contributed by atoms with van der Waals surface area (Å²) in [6, 6.07) is 0. The average molecular weight is 571 g/mol. The highest BCUT2D eigenvalue weighted by atomic mass is 16.6. The van der Waals surface area contributed by atoms with Crippen molar-refractivity contribution in [1.29, 1.82) is 0 Å². The summed E-state index contributed by atoms with van der Waals surface area (Å²) in [5.74, 6) is -1.54. The number of esters is 3. The molecule has 2 heterocycles. The van der Waals surface area contributed by atoms with Crippen molar-refractivity contribution in [3.05, 3.63) is 23.3 Å². The van der Waals surface area contributed by atoms with E-state index >= 15 is 0 Å². The molecule has 0 aromatic rings. The number of ketones is 1. The van der Waals surface area contributed by atoms with Gasteiger partial charge in [0.25, 0.3) is 0 Å². The number of carbonyl (C=O) groups is 4. The highest BCUT2D eigenvalue weighted by Crippen LogP contribution is 2.73. The fourth-order valence-electron chi connectivity index (χ4n) is 10.2. The summed E-state index contributed by atoms with van der Waals surface area (Å²) < 4.78 is 24.1. The van der Waals surface area contributed by atoms with Gasteiger partial charge in [0, 0.05) is 43.1 Å². The van der Waals surface area contributed by atoms with Crippen LogP contribution in [0.15, 0.2) is 23.3 Å². The third-order valence-corrected chi connectivity index (χ3v) is 12.1. The largest absolute Gasteiger partial charge is 0.465 e. The van der Waals surface area contributed by atoms with Gasteiger partial charge < -0.3 is 24.1 Å². The molecule has 4 aliphatic carbocycles. The molecule has 1 N–H and O–H groups in total. The molecule has 0 radical (unpaired) electrons. The van der Waals surface area contributed by atoms with Crippen LogP contribution < -0.4 is 0 Å². The molecule has 6 rings (SSSR count). The first-order valence-electron chi connectivity index (χ1n) is 15.0. The van der Waals surface area contributed by atoms with E-state index in [4.69, 9.17) is 18.9 Å². The summed E-state index contributed by atoms with van der Waals surface area (Å²) in [6.07, 6.45) is 4.29. The van der Waals surface area contributed by atoms with Gasteiger partial charge in [-0.05, 0) is 76.4 Å². The van der Waals surface area contributed by atoms with Crippen molar-refractivity contribution in [3.63, 3.8) is 0 Å². The number of aliphatic hydroxyl groups excluding tert-OH is 1. The lowest BCUT2D eigenvalue weighted by atomic mass is 9.44. The Morgan fingerprint density at radius 3 is 2.54 bits per heavy atom. The zero-order valence-corrected chi connectivity index (χ0v) is 24.8. The number of hydrogen-bond acceptors (Lipinski definition) is 9. The molecule has 4 fully saturated rings. The molecule has 1 saturated heterocycles. The fourth-order valence-corrected chi connectivity index (χ4v) is 10.2. The molecule has 0 unspecified atom stereocenters. The molecule has 2 aliphatic heterocycles. The SMILES string of the molecule is CC(=O)OC[C@]12CC[C@H]3[C@@H](C[C@H]4O[C@]45[C@@H](O)C=CC(=O)[C@]35C)[C@@H]1C[C@@H](OC(C)=O)[C@@H]2[C@H](C)[C@H]1CC(C)=C(C)C(=O)O1. The summed E-state index contributed by atoms with van der Waals surface area (Å²) in [5, 5.41) is 11.0. The standard InChI is InChI=1S/C32H42O9/c1-15-11-23(40-29(37)16(15)2)17(3)28-24(39-19(5)34)13-22-20-12-27-32(41-27)26(36)8-7-25(35)30(32,6)21(20)9-10-31(22,28)14-38-18(4)33/h7-8,17,20-24,26-28,36H,9-14H2,1-6H3/t17-,20-,21+,22+,23-,24-,26+,27-,28+,30+,31-,32-/m1/s1. The van der Waals surface area contributed by atoms with Gasteiger partial charge in [0.05, 0.1) is 18.1 Å². The van der Waals surface area contributed by atoms with Crippen LogP contribution in [0.25, 0.3) is 0 Å². The normalized spacial score (nSPS) is 46.9. The van der Waals surface area contributed by atoms with E-state index in [0.717, 1.165) is 5.57 Å². The van der Waals surface area contributed by atoms with Crippen molar-refractivity contribution in [1.82, 2.24) is 0 Å². The molecular weight excluding hydrogens is 528 g/mol. The number of allylic oxidation sites excluding steroid dienone is 1. The first kappa shape index (κ1) is 28.6. The van der Waals surface area contributed by atoms with Crippen LogP contribution in [-0.2, 0) is 38.1 Å². The quantitative estimate of drug-likeness (QED) is 0.300. The lowest BCUT2D eigenvalue weighted by molar-refractivity contribution is -0.173. The Balaban J connectivity index is 1.41. The molecule has 9 nitrogen and oxygen atoms in total. The monoisotopic (exact) mass is 570 g/mol. The Labute approximate surface area is 241 Å². The Hall–Kier alpha value is -2.52. The van der Waals surface area contributed by atoms with Crippen LogP contribution in [0, 0.1) is 40.4 Å². The van der Waals surface area contributed by atoms with Crippen molar-refractivity contribution < 1.29 is 43.2 Å². The van der Waals surface area contributed by atoms with E-state index in [1.54, 1.807) is 13.0 Å². The van der Waals surface area contributed by atoms with Crippen LogP contribution in [0.5, 0.6) is 0 Å². The first-order chi connectivity index (χ1) is 19.3. The molecule has 9 heteroatoms. The van der Waals surface area contributed by atoms with Gasteiger partial charge in [-0.3, -0.25) is 14.4 Å². The van der Waals surface area contributed by atoms with E-state index in [1.807, 2.05) is 13.8 Å². The van der Waals surface area contributed by atoms with Gasteiger partial charge in [-0.2, -0.15) is 0 Å². The second-order valence-corrected chi connectivity index (χ2v) is 13.8. The lowest BCUT2D eigenvalue weighted by Gasteiger charge is -2.58. The molecule has 3 saturated carbocycles. The summed E-state index contributed by atoms with van der Waals surface area (Å²) in [5.41, 5.74) is -0.698. The van der Waals surface area contributed by atoms with Gasteiger partial charge >= 0.3 is 17.9 Å². The molecule has 0 aromatic carbocycles. The molecule has 1 spiro atoms. The number of cyclic esters (lactones) is 1. The predicted molar refractivity (Wildman–Crippen MR) is 145 cm³/mol. The Morgan fingerprint density at radius 1 is 1.15 bits per heavy atom. The minimum Gasteiger partial charge on any atom is -0.465 e. The molecule has 224 valence electrons. The Morgan fingerprint density at radius 2 is 1.88 bits per heavy atom. The van der Waals surface area contributed by atoms with Crippen LogP contribution in [0.3, 0.4) is 0 Å². The second-order valence-electron chi connectivity index (χ2n) is 13.8. The second kappa shape index (κ2) is 9.49. The number of carbonyl (C=O) groups excluding carboxylic acids is 4. The van der Waals surface area contributed by atoms with Gasteiger partial charge in [-0.1, -0.05) is 12.5 Å². The third kappa shape index (κ3) is 3.87. The number of aliphatic hydroxyl groups is 1. The summed E-state index contributed by atoms with van der Waals surface area (Å²) in [6.45, 7) is 10.7. The summed E-state index contributed by atoms with van der Waals surface area (Å²) in [7, 11) is 0. The average Bonchev–Trinajstić information content (AvgIpc) is 3.56. The number of epoxide rings is 1. The highest BCUT2D eigenvalue weighted by Gasteiger charge is 2.81. The van der Waals surface area contributed by atoms with Gasteiger partial charge in [0.2, 0.25) is 0 Å². The van der Waals surface area contributed by atoms with Crippen LogP contribution in [0.2, 0.25) is 0 Å². The van der Waals surface area contributed by atoms with E-state index in [9.17, 15) is 24.3 Å². The Kier molecular flexibility index (Phi) is 6.62. The van der Waals surface area contributed by atoms with Crippen molar-refractivity contribution in [2.45, 2.75) is 104 Å². The molecule has 12 atom stereocenters.